The van der Waals surface area contributed by atoms with E-state index in [9.17, 15) is 0 Å². The minimum Gasteiger partial charge on any atom is -0.345 e. The van der Waals surface area contributed by atoms with E-state index in [1.54, 1.807) is 11.3 Å². The Morgan fingerprint density at radius 2 is 2.47 bits per heavy atom. The van der Waals surface area contributed by atoms with Crippen molar-refractivity contribution < 1.29 is 0 Å². The van der Waals surface area contributed by atoms with Crippen LogP contribution in [-0.4, -0.2) is 17.6 Å². The van der Waals surface area contributed by atoms with Crippen molar-refractivity contribution in [1.29, 1.82) is 0 Å². The Morgan fingerprint density at radius 3 is 3.13 bits per heavy atom. The Labute approximate surface area is 100 Å². The highest BCUT2D eigenvalue weighted by Crippen LogP contribution is 2.30. The smallest absolute Gasteiger partial charge is 0.186 e. The Balaban J connectivity index is 2.10. The van der Waals surface area contributed by atoms with Crippen molar-refractivity contribution in [1.82, 2.24) is 4.98 Å². The number of piperidine rings is 1. The molecule has 1 atom stereocenters. The van der Waals surface area contributed by atoms with E-state index in [4.69, 9.17) is 11.6 Å². The van der Waals surface area contributed by atoms with Gasteiger partial charge in [-0.05, 0) is 25.7 Å². The SMILES string of the molecule is CCCC1CCCCN1c1nc(Cl)cs1. The first-order chi connectivity index (χ1) is 7.31. The fourth-order valence-electron chi connectivity index (χ4n) is 2.26. The summed E-state index contributed by atoms with van der Waals surface area (Å²) in [5, 5.41) is 3.67. The van der Waals surface area contributed by atoms with Crippen LogP contribution in [0, 0.1) is 0 Å². The van der Waals surface area contributed by atoms with Gasteiger partial charge in [0.05, 0.1) is 0 Å². The Kier molecular flexibility index (Phi) is 3.87. The molecule has 0 bridgehead atoms. The Morgan fingerprint density at radius 1 is 1.60 bits per heavy atom. The van der Waals surface area contributed by atoms with Gasteiger partial charge in [0.15, 0.2) is 5.13 Å². The van der Waals surface area contributed by atoms with Crippen LogP contribution in [0.15, 0.2) is 5.38 Å². The summed E-state index contributed by atoms with van der Waals surface area (Å²) in [5.41, 5.74) is 0. The van der Waals surface area contributed by atoms with Crippen LogP contribution in [0.1, 0.15) is 39.0 Å². The number of halogens is 1. The van der Waals surface area contributed by atoms with Crippen molar-refractivity contribution in [3.05, 3.63) is 10.5 Å². The summed E-state index contributed by atoms with van der Waals surface area (Å²) >= 11 is 7.55. The molecule has 1 aromatic rings. The molecule has 0 amide bonds. The van der Waals surface area contributed by atoms with Crippen molar-refractivity contribution in [3.63, 3.8) is 0 Å². The van der Waals surface area contributed by atoms with Crippen molar-refractivity contribution in [2.45, 2.75) is 45.1 Å². The van der Waals surface area contributed by atoms with Gasteiger partial charge in [-0.3, -0.25) is 0 Å². The van der Waals surface area contributed by atoms with Gasteiger partial charge in [-0.15, -0.1) is 11.3 Å². The molecule has 1 unspecified atom stereocenters. The highest BCUT2D eigenvalue weighted by molar-refractivity contribution is 7.14. The van der Waals surface area contributed by atoms with Crippen molar-refractivity contribution in [2.24, 2.45) is 0 Å². The average Bonchev–Trinajstić information content (AvgIpc) is 2.66. The number of aromatic nitrogens is 1. The molecule has 1 aromatic heterocycles. The topological polar surface area (TPSA) is 16.1 Å². The first kappa shape index (κ1) is 11.2. The number of anilines is 1. The molecular formula is C11H17ClN2S. The zero-order valence-corrected chi connectivity index (χ0v) is 10.7. The van der Waals surface area contributed by atoms with E-state index in [0.717, 1.165) is 11.7 Å². The molecule has 2 nitrogen and oxygen atoms in total. The minimum absolute atomic E-state index is 0.635. The van der Waals surface area contributed by atoms with Crippen LogP contribution < -0.4 is 4.90 Å². The quantitative estimate of drug-likeness (QED) is 0.800. The van der Waals surface area contributed by atoms with E-state index in [1.165, 1.54) is 32.1 Å². The van der Waals surface area contributed by atoms with Crippen LogP contribution in [0.3, 0.4) is 0 Å². The van der Waals surface area contributed by atoms with E-state index in [2.05, 4.69) is 16.8 Å². The van der Waals surface area contributed by atoms with E-state index in [-0.39, 0.29) is 0 Å². The van der Waals surface area contributed by atoms with E-state index >= 15 is 0 Å². The van der Waals surface area contributed by atoms with Crippen LogP contribution in [0.2, 0.25) is 5.15 Å². The molecule has 0 N–H and O–H groups in total. The number of hydrogen-bond donors (Lipinski definition) is 0. The van der Waals surface area contributed by atoms with Gasteiger partial charge < -0.3 is 4.90 Å². The summed E-state index contributed by atoms with van der Waals surface area (Å²) < 4.78 is 0. The monoisotopic (exact) mass is 244 g/mol. The average molecular weight is 245 g/mol. The number of hydrogen-bond acceptors (Lipinski definition) is 3. The second kappa shape index (κ2) is 5.17. The summed E-state index contributed by atoms with van der Waals surface area (Å²) in [5.74, 6) is 0. The standard InChI is InChI=1S/C11H17ClN2S/c1-2-5-9-6-3-4-7-14(9)11-13-10(12)8-15-11/h8-9H,2-7H2,1H3. The van der Waals surface area contributed by atoms with E-state index in [1.807, 2.05) is 5.38 Å². The molecule has 1 saturated heterocycles. The van der Waals surface area contributed by atoms with Gasteiger partial charge in [-0.2, -0.15) is 0 Å². The first-order valence-corrected chi connectivity index (χ1v) is 6.94. The zero-order valence-electron chi connectivity index (χ0n) is 9.08. The second-order valence-electron chi connectivity index (χ2n) is 4.08. The van der Waals surface area contributed by atoms with Gasteiger partial charge in [0.2, 0.25) is 0 Å². The second-order valence-corrected chi connectivity index (χ2v) is 5.31. The van der Waals surface area contributed by atoms with Gasteiger partial charge >= 0.3 is 0 Å². The normalized spacial score (nSPS) is 22.0. The van der Waals surface area contributed by atoms with E-state index in [0.29, 0.717) is 11.2 Å². The lowest BCUT2D eigenvalue weighted by molar-refractivity contribution is 0.434. The first-order valence-electron chi connectivity index (χ1n) is 5.69. The minimum atomic E-state index is 0.635. The molecule has 1 aliphatic rings. The zero-order chi connectivity index (χ0) is 10.7. The third-order valence-electron chi connectivity index (χ3n) is 2.96. The molecule has 4 heteroatoms. The molecular weight excluding hydrogens is 228 g/mol. The van der Waals surface area contributed by atoms with Gasteiger partial charge in [-0.1, -0.05) is 24.9 Å². The third-order valence-corrected chi connectivity index (χ3v) is 4.16. The van der Waals surface area contributed by atoms with Crippen LogP contribution in [0.25, 0.3) is 0 Å². The fraction of sp³-hybridized carbons (Fsp3) is 0.727. The maximum atomic E-state index is 5.88. The number of nitrogens with zero attached hydrogens (tertiary/aromatic N) is 2. The summed E-state index contributed by atoms with van der Waals surface area (Å²) in [6.07, 6.45) is 6.49. The number of rotatable bonds is 3. The highest BCUT2D eigenvalue weighted by atomic mass is 35.5. The molecule has 15 heavy (non-hydrogen) atoms. The molecule has 0 aliphatic carbocycles. The molecule has 1 aliphatic heterocycles. The molecule has 0 radical (unpaired) electrons. The van der Waals surface area contributed by atoms with Gasteiger partial charge in [-0.25, -0.2) is 4.98 Å². The number of thiazole rings is 1. The van der Waals surface area contributed by atoms with Crippen LogP contribution in [0.4, 0.5) is 5.13 Å². The molecule has 0 aromatic carbocycles. The fourth-order valence-corrected chi connectivity index (χ4v) is 3.31. The van der Waals surface area contributed by atoms with Crippen molar-refractivity contribution in [2.75, 3.05) is 11.4 Å². The summed E-state index contributed by atoms with van der Waals surface area (Å²) in [6, 6.07) is 0.686. The van der Waals surface area contributed by atoms with Crippen molar-refractivity contribution >= 4 is 28.1 Å². The maximum Gasteiger partial charge on any atom is 0.186 e. The van der Waals surface area contributed by atoms with Crippen LogP contribution >= 0.6 is 22.9 Å². The predicted molar refractivity (Wildman–Crippen MR) is 67.0 cm³/mol. The van der Waals surface area contributed by atoms with Crippen molar-refractivity contribution in [3.8, 4) is 0 Å². The molecule has 2 heterocycles. The third kappa shape index (κ3) is 2.64. The largest absolute Gasteiger partial charge is 0.345 e. The van der Waals surface area contributed by atoms with Gasteiger partial charge in [0.25, 0.3) is 0 Å². The Bertz CT molecular complexity index is 311. The lowest BCUT2D eigenvalue weighted by Gasteiger charge is -2.35. The van der Waals surface area contributed by atoms with Gasteiger partial charge in [0, 0.05) is 18.0 Å². The molecule has 1 fully saturated rings. The Hall–Kier alpha value is -0.280. The lowest BCUT2D eigenvalue weighted by atomic mass is 9.99. The van der Waals surface area contributed by atoms with Gasteiger partial charge in [0.1, 0.15) is 5.15 Å². The molecule has 0 spiro atoms. The summed E-state index contributed by atoms with van der Waals surface area (Å²) in [4.78, 5) is 6.82. The molecule has 2 rings (SSSR count). The van der Waals surface area contributed by atoms with Crippen LogP contribution in [0.5, 0.6) is 0 Å². The maximum absolute atomic E-state index is 5.88. The lowest BCUT2D eigenvalue weighted by Crippen LogP contribution is -2.39. The highest BCUT2D eigenvalue weighted by Gasteiger charge is 2.23. The molecule has 84 valence electrons. The van der Waals surface area contributed by atoms with E-state index < -0.39 is 0 Å². The summed E-state index contributed by atoms with van der Waals surface area (Å²) in [6.45, 7) is 3.40. The van der Waals surface area contributed by atoms with Crippen LogP contribution in [-0.2, 0) is 0 Å². The summed E-state index contributed by atoms with van der Waals surface area (Å²) in [7, 11) is 0. The predicted octanol–water partition coefficient (Wildman–Crippen LogP) is 3.96. The molecule has 0 saturated carbocycles.